The van der Waals surface area contributed by atoms with Crippen molar-refractivity contribution in [3.63, 3.8) is 0 Å². The Balaban J connectivity index is 1.71. The zero-order valence-electron chi connectivity index (χ0n) is 17.6. The van der Waals surface area contributed by atoms with Crippen LogP contribution in [0.25, 0.3) is 0 Å². The Labute approximate surface area is 172 Å². The molecule has 4 rings (SSSR count). The minimum atomic E-state index is -0.832. The van der Waals surface area contributed by atoms with Crippen LogP contribution in [0.3, 0.4) is 0 Å². The Bertz CT molecular complexity index is 942. The van der Waals surface area contributed by atoms with Crippen LogP contribution >= 0.6 is 0 Å². The van der Waals surface area contributed by atoms with Crippen LogP contribution in [-0.4, -0.2) is 17.5 Å². The van der Waals surface area contributed by atoms with Gasteiger partial charge in [-0.05, 0) is 62.2 Å². The van der Waals surface area contributed by atoms with Crippen molar-refractivity contribution in [1.29, 1.82) is 0 Å². The number of esters is 2. The van der Waals surface area contributed by atoms with E-state index in [9.17, 15) is 9.59 Å². The fourth-order valence-corrected chi connectivity index (χ4v) is 6.20. The Morgan fingerprint density at radius 1 is 1.21 bits per heavy atom. The number of allylic oxidation sites excluding steroid dienone is 7. The van der Waals surface area contributed by atoms with Crippen molar-refractivity contribution < 1.29 is 19.1 Å². The summed E-state index contributed by atoms with van der Waals surface area (Å²) in [5.41, 5.74) is 1.27. The van der Waals surface area contributed by atoms with Gasteiger partial charge < -0.3 is 9.47 Å². The van der Waals surface area contributed by atoms with E-state index < -0.39 is 5.60 Å². The van der Waals surface area contributed by atoms with Gasteiger partial charge >= 0.3 is 11.9 Å². The van der Waals surface area contributed by atoms with Crippen LogP contribution < -0.4 is 0 Å². The Kier molecular flexibility index (Phi) is 4.42. The monoisotopic (exact) mass is 392 g/mol. The topological polar surface area (TPSA) is 52.6 Å². The van der Waals surface area contributed by atoms with Gasteiger partial charge in [0.2, 0.25) is 0 Å². The lowest BCUT2D eigenvalue weighted by atomic mass is 9.53. The molecule has 0 N–H and O–H groups in total. The standard InChI is InChI=1S/C25H28O4/c1-6-25(29-17(3)27)14-11-22-20-8-7-18-15-19(28-16(2)26)9-12-23(18,4)21(20)10-13-24(22,25)5/h1,7,9-10,12,15,20,22H,8,11,13-14H2,2-5H3/t20-,22+,23+,24+,25+/m1/s1. The zero-order valence-corrected chi connectivity index (χ0v) is 17.6. The zero-order chi connectivity index (χ0) is 21.0. The number of rotatable bonds is 2. The quantitative estimate of drug-likeness (QED) is 0.390. The molecule has 1 fully saturated rings. The van der Waals surface area contributed by atoms with E-state index in [-0.39, 0.29) is 22.8 Å². The molecule has 0 spiro atoms. The van der Waals surface area contributed by atoms with Gasteiger partial charge in [0.1, 0.15) is 5.76 Å². The van der Waals surface area contributed by atoms with E-state index >= 15 is 0 Å². The summed E-state index contributed by atoms with van der Waals surface area (Å²) in [4.78, 5) is 23.1. The van der Waals surface area contributed by atoms with Crippen molar-refractivity contribution in [1.82, 2.24) is 0 Å². The number of carbonyl (C=O) groups excluding carboxylic acids is 2. The maximum atomic E-state index is 11.8. The smallest absolute Gasteiger partial charge is 0.308 e. The van der Waals surface area contributed by atoms with E-state index in [0.717, 1.165) is 19.3 Å². The fourth-order valence-electron chi connectivity index (χ4n) is 6.20. The third-order valence-electron chi connectivity index (χ3n) is 7.66. The van der Waals surface area contributed by atoms with Gasteiger partial charge in [0.25, 0.3) is 0 Å². The molecule has 0 heterocycles. The number of ether oxygens (including phenoxy) is 2. The molecule has 0 radical (unpaired) electrons. The SMILES string of the molecule is C#C[C@]1(OC(C)=O)CC[C@H]2[C@@H]3CC=C4C=C(OC(C)=O)C=C[C@]4(C)C3=CC[C@@]21C. The number of fused-ring (bicyclic) bond motifs is 5. The van der Waals surface area contributed by atoms with E-state index in [2.05, 4.69) is 38.0 Å². The molecule has 152 valence electrons. The summed E-state index contributed by atoms with van der Waals surface area (Å²) in [6, 6.07) is 0. The second-order valence-corrected chi connectivity index (χ2v) is 9.17. The van der Waals surface area contributed by atoms with Crippen molar-refractivity contribution in [2.24, 2.45) is 22.7 Å². The van der Waals surface area contributed by atoms with Gasteiger partial charge in [-0.1, -0.05) is 36.6 Å². The van der Waals surface area contributed by atoms with Crippen LogP contribution in [0, 0.1) is 35.0 Å². The third-order valence-corrected chi connectivity index (χ3v) is 7.66. The number of carbonyl (C=O) groups is 2. The van der Waals surface area contributed by atoms with Crippen molar-refractivity contribution >= 4 is 11.9 Å². The first-order valence-corrected chi connectivity index (χ1v) is 10.3. The molecule has 0 amide bonds. The predicted octanol–water partition coefficient (Wildman–Crippen LogP) is 4.64. The average Bonchev–Trinajstić information content (AvgIpc) is 2.94. The van der Waals surface area contributed by atoms with E-state index in [1.54, 1.807) is 0 Å². The molecule has 1 saturated carbocycles. The highest BCUT2D eigenvalue weighted by molar-refractivity contribution is 5.69. The predicted molar refractivity (Wildman–Crippen MR) is 110 cm³/mol. The fraction of sp³-hybridized carbons (Fsp3) is 0.520. The normalized spacial score (nSPS) is 39.6. The molecule has 0 aromatic heterocycles. The van der Waals surface area contributed by atoms with Gasteiger partial charge in [0, 0.05) is 24.7 Å². The van der Waals surface area contributed by atoms with E-state index in [1.807, 2.05) is 12.2 Å². The first kappa shape index (κ1) is 19.8. The molecule has 0 unspecified atom stereocenters. The Morgan fingerprint density at radius 3 is 2.62 bits per heavy atom. The number of terminal acetylenes is 1. The molecular weight excluding hydrogens is 364 g/mol. The van der Waals surface area contributed by atoms with Crippen LogP contribution in [0.2, 0.25) is 0 Å². The molecule has 0 saturated heterocycles. The minimum Gasteiger partial charge on any atom is -0.445 e. The molecule has 29 heavy (non-hydrogen) atoms. The molecule has 5 atom stereocenters. The van der Waals surface area contributed by atoms with Crippen LogP contribution in [0.15, 0.2) is 47.3 Å². The second-order valence-electron chi connectivity index (χ2n) is 9.17. The Morgan fingerprint density at radius 2 is 1.97 bits per heavy atom. The van der Waals surface area contributed by atoms with E-state index in [4.69, 9.17) is 15.9 Å². The van der Waals surface area contributed by atoms with Gasteiger partial charge in [-0.15, -0.1) is 6.42 Å². The summed E-state index contributed by atoms with van der Waals surface area (Å²) in [7, 11) is 0. The number of hydrogen-bond donors (Lipinski definition) is 0. The molecule has 4 aliphatic carbocycles. The second kappa shape index (κ2) is 6.49. The van der Waals surface area contributed by atoms with E-state index in [1.165, 1.54) is 25.0 Å². The van der Waals surface area contributed by atoms with E-state index in [0.29, 0.717) is 24.0 Å². The van der Waals surface area contributed by atoms with Crippen molar-refractivity contribution in [2.75, 3.05) is 0 Å². The molecule has 0 aliphatic heterocycles. The van der Waals surface area contributed by atoms with Crippen LogP contribution in [0.1, 0.15) is 53.4 Å². The van der Waals surface area contributed by atoms with Gasteiger partial charge in [-0.25, -0.2) is 0 Å². The molecule has 0 aromatic rings. The highest BCUT2D eigenvalue weighted by Gasteiger charge is 2.63. The summed E-state index contributed by atoms with van der Waals surface area (Å²) >= 11 is 0. The molecule has 4 aliphatic rings. The lowest BCUT2D eigenvalue weighted by Crippen LogP contribution is -2.51. The summed E-state index contributed by atoms with van der Waals surface area (Å²) in [5, 5.41) is 0. The van der Waals surface area contributed by atoms with Crippen LogP contribution in [-0.2, 0) is 19.1 Å². The first-order chi connectivity index (χ1) is 13.6. The van der Waals surface area contributed by atoms with Gasteiger partial charge in [0.15, 0.2) is 5.60 Å². The summed E-state index contributed by atoms with van der Waals surface area (Å²) in [5.74, 6) is 3.56. The largest absolute Gasteiger partial charge is 0.445 e. The summed E-state index contributed by atoms with van der Waals surface area (Å²) < 4.78 is 11.1. The molecule has 0 aromatic carbocycles. The molecule has 4 nitrogen and oxygen atoms in total. The van der Waals surface area contributed by atoms with Gasteiger partial charge in [0.05, 0.1) is 0 Å². The van der Waals surface area contributed by atoms with Crippen molar-refractivity contribution in [3.8, 4) is 12.3 Å². The molecule has 0 bridgehead atoms. The first-order valence-electron chi connectivity index (χ1n) is 10.3. The summed E-state index contributed by atoms with van der Waals surface area (Å²) in [6.07, 6.45) is 19.9. The number of hydrogen-bond acceptors (Lipinski definition) is 4. The highest BCUT2D eigenvalue weighted by Crippen LogP contribution is 2.65. The highest BCUT2D eigenvalue weighted by atomic mass is 16.6. The van der Waals surface area contributed by atoms with Crippen LogP contribution in [0.5, 0.6) is 0 Å². The lowest BCUT2D eigenvalue weighted by Gasteiger charge is -2.52. The average molecular weight is 392 g/mol. The third kappa shape index (κ3) is 2.74. The van der Waals surface area contributed by atoms with Crippen LogP contribution in [0.4, 0.5) is 0 Å². The van der Waals surface area contributed by atoms with Crippen molar-refractivity contribution in [2.45, 2.75) is 59.0 Å². The molecule has 4 heteroatoms. The minimum absolute atomic E-state index is 0.212. The lowest BCUT2D eigenvalue weighted by molar-refractivity contribution is -0.162. The summed E-state index contributed by atoms with van der Waals surface area (Å²) in [6.45, 7) is 7.28. The maximum Gasteiger partial charge on any atom is 0.308 e. The van der Waals surface area contributed by atoms with Gasteiger partial charge in [-0.3, -0.25) is 9.59 Å². The Hall–Kier alpha value is -2.54. The maximum absolute atomic E-state index is 11.8. The van der Waals surface area contributed by atoms with Gasteiger partial charge in [-0.2, -0.15) is 0 Å². The van der Waals surface area contributed by atoms with Crippen molar-refractivity contribution in [3.05, 3.63) is 47.3 Å². The molecular formula is C25H28O4.